The molecule has 1 unspecified atom stereocenters. The summed E-state index contributed by atoms with van der Waals surface area (Å²) in [5.74, 6) is -3.33. The van der Waals surface area contributed by atoms with E-state index in [4.69, 9.17) is 0 Å². The van der Waals surface area contributed by atoms with Gasteiger partial charge in [-0.25, -0.2) is 17.2 Å². The van der Waals surface area contributed by atoms with E-state index >= 15 is 0 Å². The molecule has 0 radical (unpaired) electrons. The minimum atomic E-state index is -3.26. The maximum atomic E-state index is 13.0. The number of benzene rings is 1. The van der Waals surface area contributed by atoms with E-state index in [0.717, 1.165) is 6.26 Å². The quantitative estimate of drug-likeness (QED) is 0.857. The van der Waals surface area contributed by atoms with E-state index in [1.165, 1.54) is 12.1 Å². The Morgan fingerprint density at radius 2 is 2.00 bits per heavy atom. The molecule has 1 saturated heterocycles. The van der Waals surface area contributed by atoms with Crippen molar-refractivity contribution in [2.45, 2.75) is 29.8 Å². The number of amides is 1. The lowest BCUT2D eigenvalue weighted by atomic mass is 10.1. The summed E-state index contributed by atoms with van der Waals surface area (Å²) in [4.78, 5) is 11.9. The highest BCUT2D eigenvalue weighted by molar-refractivity contribution is 7.90. The zero-order valence-corrected chi connectivity index (χ0v) is 12.2. The molecule has 1 aliphatic rings. The number of carbonyl (C=O) groups excluding carboxylic acids is 1. The van der Waals surface area contributed by atoms with E-state index in [9.17, 15) is 22.0 Å². The van der Waals surface area contributed by atoms with Crippen molar-refractivity contribution in [2.24, 2.45) is 0 Å². The van der Waals surface area contributed by atoms with Crippen molar-refractivity contribution in [2.75, 3.05) is 12.8 Å². The van der Waals surface area contributed by atoms with Crippen molar-refractivity contribution in [1.82, 2.24) is 10.6 Å². The Hall–Kier alpha value is -1.54. The van der Waals surface area contributed by atoms with Crippen molar-refractivity contribution < 1.29 is 22.0 Å². The second kappa shape index (κ2) is 5.69. The molecule has 1 heterocycles. The highest BCUT2D eigenvalue weighted by Crippen LogP contribution is 2.25. The van der Waals surface area contributed by atoms with E-state index in [0.29, 0.717) is 5.56 Å². The average molecular weight is 318 g/mol. The van der Waals surface area contributed by atoms with Crippen LogP contribution in [-0.4, -0.2) is 39.1 Å². The molecule has 116 valence electrons. The summed E-state index contributed by atoms with van der Waals surface area (Å²) in [7, 11) is -3.26. The molecule has 1 atom stereocenters. The van der Waals surface area contributed by atoms with Gasteiger partial charge < -0.3 is 5.32 Å². The van der Waals surface area contributed by atoms with Gasteiger partial charge in [0.05, 0.1) is 17.5 Å². The first-order valence-electron chi connectivity index (χ1n) is 6.35. The molecule has 1 fully saturated rings. The van der Waals surface area contributed by atoms with Crippen LogP contribution in [0.2, 0.25) is 0 Å². The van der Waals surface area contributed by atoms with Gasteiger partial charge in [0.15, 0.2) is 9.84 Å². The minimum absolute atomic E-state index is 0.159. The molecule has 21 heavy (non-hydrogen) atoms. The Morgan fingerprint density at radius 3 is 2.48 bits per heavy atom. The van der Waals surface area contributed by atoms with E-state index in [-0.39, 0.29) is 11.4 Å². The van der Waals surface area contributed by atoms with Crippen molar-refractivity contribution in [3.63, 3.8) is 0 Å². The zero-order chi connectivity index (χ0) is 15.7. The molecule has 0 aliphatic carbocycles. The fourth-order valence-electron chi connectivity index (χ4n) is 2.07. The molecule has 0 bridgehead atoms. The Morgan fingerprint density at radius 1 is 1.38 bits per heavy atom. The number of alkyl halides is 2. The predicted molar refractivity (Wildman–Crippen MR) is 72.8 cm³/mol. The van der Waals surface area contributed by atoms with Crippen LogP contribution in [0.5, 0.6) is 0 Å². The number of carbonyl (C=O) groups is 1. The molecule has 0 spiro atoms. The van der Waals surface area contributed by atoms with Crippen LogP contribution in [-0.2, 0) is 21.2 Å². The third-order valence-electron chi connectivity index (χ3n) is 3.24. The average Bonchev–Trinajstić information content (AvgIpc) is 2.76. The van der Waals surface area contributed by atoms with E-state index < -0.39 is 40.7 Å². The van der Waals surface area contributed by atoms with Crippen LogP contribution in [0.15, 0.2) is 29.2 Å². The van der Waals surface area contributed by atoms with Crippen molar-refractivity contribution in [3.05, 3.63) is 29.8 Å². The lowest BCUT2D eigenvalue weighted by Crippen LogP contribution is -2.40. The summed E-state index contributed by atoms with van der Waals surface area (Å²) < 4.78 is 48.5. The zero-order valence-electron chi connectivity index (χ0n) is 11.4. The lowest BCUT2D eigenvalue weighted by Gasteiger charge is -2.11. The molecule has 5 nitrogen and oxygen atoms in total. The molecular weight excluding hydrogens is 302 g/mol. The lowest BCUT2D eigenvalue weighted by molar-refractivity contribution is -0.123. The summed E-state index contributed by atoms with van der Waals surface area (Å²) in [6.45, 7) is -0.333. The Kier molecular flexibility index (Phi) is 4.29. The third-order valence-corrected chi connectivity index (χ3v) is 4.37. The first-order valence-corrected chi connectivity index (χ1v) is 8.24. The first kappa shape index (κ1) is 15.8. The summed E-state index contributed by atoms with van der Waals surface area (Å²) in [5, 5.41) is 5.02. The highest BCUT2D eigenvalue weighted by atomic mass is 32.2. The molecule has 1 aliphatic heterocycles. The van der Waals surface area contributed by atoms with Crippen molar-refractivity contribution >= 4 is 15.7 Å². The van der Waals surface area contributed by atoms with E-state index in [1.54, 1.807) is 12.1 Å². The Balaban J connectivity index is 1.90. The molecule has 1 aromatic rings. The SMILES string of the molecule is CS(=O)(=O)c1ccc(CNC(=O)C2CC(F)(F)CN2)cc1. The second-order valence-corrected chi connectivity index (χ2v) is 7.14. The number of hydrogen-bond donors (Lipinski definition) is 2. The van der Waals surface area contributed by atoms with Crippen LogP contribution in [0.25, 0.3) is 0 Å². The first-order chi connectivity index (χ1) is 9.67. The number of hydrogen-bond acceptors (Lipinski definition) is 4. The van der Waals surface area contributed by atoms with Crippen LogP contribution in [0, 0.1) is 0 Å². The standard InChI is InChI=1S/C13H16F2N2O3S/c1-21(19,20)10-4-2-9(3-5-10)7-16-12(18)11-6-13(14,15)8-17-11/h2-5,11,17H,6-8H2,1H3,(H,16,18). The van der Waals surface area contributed by atoms with Crippen LogP contribution in [0.1, 0.15) is 12.0 Å². The van der Waals surface area contributed by atoms with Gasteiger partial charge in [-0.15, -0.1) is 0 Å². The molecule has 0 aromatic heterocycles. The Bertz CT molecular complexity index is 629. The third kappa shape index (κ3) is 4.21. The summed E-state index contributed by atoms with van der Waals surface area (Å²) in [5.41, 5.74) is 0.695. The van der Waals surface area contributed by atoms with Gasteiger partial charge in [0, 0.05) is 19.2 Å². The van der Waals surface area contributed by atoms with Crippen molar-refractivity contribution in [1.29, 1.82) is 0 Å². The topological polar surface area (TPSA) is 75.3 Å². The maximum absolute atomic E-state index is 13.0. The van der Waals surface area contributed by atoms with Crippen molar-refractivity contribution in [3.8, 4) is 0 Å². The van der Waals surface area contributed by atoms with Gasteiger partial charge in [0.25, 0.3) is 5.92 Å². The largest absolute Gasteiger partial charge is 0.351 e. The molecule has 2 rings (SSSR count). The van der Waals surface area contributed by atoms with Gasteiger partial charge >= 0.3 is 0 Å². The molecule has 1 aromatic carbocycles. The smallest absolute Gasteiger partial charge is 0.262 e. The fraction of sp³-hybridized carbons (Fsp3) is 0.462. The molecule has 1 amide bonds. The van der Waals surface area contributed by atoms with Gasteiger partial charge in [0.2, 0.25) is 5.91 Å². The van der Waals surface area contributed by atoms with Gasteiger partial charge in [-0.2, -0.15) is 0 Å². The monoisotopic (exact) mass is 318 g/mol. The number of halogens is 2. The van der Waals surface area contributed by atoms with Gasteiger partial charge in [-0.05, 0) is 17.7 Å². The van der Waals surface area contributed by atoms with Crippen LogP contribution < -0.4 is 10.6 Å². The van der Waals surface area contributed by atoms with Crippen LogP contribution >= 0.6 is 0 Å². The van der Waals surface area contributed by atoms with Gasteiger partial charge in [0.1, 0.15) is 0 Å². The van der Waals surface area contributed by atoms with Gasteiger partial charge in [-0.1, -0.05) is 12.1 Å². The molecule has 0 saturated carbocycles. The summed E-state index contributed by atoms with van der Waals surface area (Å²) in [6.07, 6.45) is 0.599. The molecule has 2 N–H and O–H groups in total. The van der Waals surface area contributed by atoms with Crippen LogP contribution in [0.3, 0.4) is 0 Å². The molecular formula is C13H16F2N2O3S. The van der Waals surface area contributed by atoms with Crippen LogP contribution in [0.4, 0.5) is 8.78 Å². The fourth-order valence-corrected chi connectivity index (χ4v) is 2.70. The number of nitrogens with one attached hydrogen (secondary N) is 2. The van der Waals surface area contributed by atoms with E-state index in [1.807, 2.05) is 0 Å². The normalized spacial score (nSPS) is 21.2. The Labute approximate surface area is 121 Å². The second-order valence-electron chi connectivity index (χ2n) is 5.13. The highest BCUT2D eigenvalue weighted by Gasteiger charge is 2.42. The summed E-state index contributed by atoms with van der Waals surface area (Å²) in [6, 6.07) is 5.15. The van der Waals surface area contributed by atoms with Gasteiger partial charge in [-0.3, -0.25) is 10.1 Å². The molecule has 8 heteroatoms. The predicted octanol–water partition coefficient (Wildman–Crippen LogP) is 0.703. The minimum Gasteiger partial charge on any atom is -0.351 e. The number of sulfone groups is 1. The maximum Gasteiger partial charge on any atom is 0.262 e. The summed E-state index contributed by atoms with van der Waals surface area (Å²) >= 11 is 0. The number of rotatable bonds is 4. The van der Waals surface area contributed by atoms with E-state index in [2.05, 4.69) is 10.6 Å².